The first-order valence-electron chi connectivity index (χ1n) is 6.26. The molecule has 0 nitrogen and oxygen atoms in total. The lowest BCUT2D eigenvalue weighted by Gasteiger charge is -2.20. The lowest BCUT2D eigenvalue weighted by Crippen LogP contribution is -2.12. The van der Waals surface area contributed by atoms with Crippen LogP contribution >= 0.6 is 0 Å². The SMILES string of the molecule is CC(C)(C)c1ccc(F)c(CCC2CC2)c1. The Balaban J connectivity index is 2.14. The van der Waals surface area contributed by atoms with Crippen LogP contribution in [0.15, 0.2) is 18.2 Å². The van der Waals surface area contributed by atoms with Gasteiger partial charge in [-0.1, -0.05) is 45.7 Å². The van der Waals surface area contributed by atoms with Crippen molar-refractivity contribution in [3.05, 3.63) is 35.1 Å². The van der Waals surface area contributed by atoms with Gasteiger partial charge in [0.05, 0.1) is 0 Å². The van der Waals surface area contributed by atoms with Crippen LogP contribution in [0.4, 0.5) is 4.39 Å². The summed E-state index contributed by atoms with van der Waals surface area (Å²) < 4.78 is 13.6. The van der Waals surface area contributed by atoms with E-state index >= 15 is 0 Å². The lowest BCUT2D eigenvalue weighted by atomic mass is 9.85. The van der Waals surface area contributed by atoms with Crippen LogP contribution in [-0.4, -0.2) is 0 Å². The predicted octanol–water partition coefficient (Wildman–Crippen LogP) is 4.47. The molecule has 1 heteroatoms. The van der Waals surface area contributed by atoms with Gasteiger partial charge < -0.3 is 0 Å². The third-order valence-corrected chi connectivity index (χ3v) is 3.43. The van der Waals surface area contributed by atoms with Crippen LogP contribution in [0.5, 0.6) is 0 Å². The molecule has 1 saturated carbocycles. The maximum absolute atomic E-state index is 13.6. The Kier molecular flexibility index (Phi) is 3.05. The molecule has 1 aliphatic rings. The molecule has 0 heterocycles. The molecule has 0 amide bonds. The van der Waals surface area contributed by atoms with Gasteiger partial charge in [-0.25, -0.2) is 4.39 Å². The van der Waals surface area contributed by atoms with Crippen LogP contribution in [0.2, 0.25) is 0 Å². The van der Waals surface area contributed by atoms with Crippen LogP contribution in [0.1, 0.15) is 51.2 Å². The average molecular weight is 220 g/mol. The van der Waals surface area contributed by atoms with E-state index in [-0.39, 0.29) is 11.2 Å². The molecule has 0 saturated heterocycles. The highest BCUT2D eigenvalue weighted by Gasteiger charge is 2.22. The van der Waals surface area contributed by atoms with E-state index < -0.39 is 0 Å². The minimum Gasteiger partial charge on any atom is -0.207 e. The minimum atomic E-state index is -0.0337. The summed E-state index contributed by atoms with van der Waals surface area (Å²) in [6.07, 6.45) is 4.76. The third kappa shape index (κ3) is 2.84. The molecule has 0 radical (unpaired) electrons. The highest BCUT2D eigenvalue weighted by molar-refractivity contribution is 5.30. The first-order chi connectivity index (χ1) is 7.47. The summed E-state index contributed by atoms with van der Waals surface area (Å²) in [5.41, 5.74) is 2.25. The molecule has 0 unspecified atom stereocenters. The Morgan fingerprint density at radius 2 is 1.94 bits per heavy atom. The van der Waals surface area contributed by atoms with Gasteiger partial charge in [0.15, 0.2) is 0 Å². The number of aryl methyl sites for hydroxylation is 1. The maximum atomic E-state index is 13.6. The fourth-order valence-corrected chi connectivity index (χ4v) is 2.00. The van der Waals surface area contributed by atoms with Crippen molar-refractivity contribution >= 4 is 0 Å². The average Bonchev–Trinajstić information content (AvgIpc) is 2.98. The van der Waals surface area contributed by atoms with Crippen LogP contribution in [0, 0.1) is 11.7 Å². The minimum absolute atomic E-state index is 0.0337. The van der Waals surface area contributed by atoms with Gasteiger partial charge in [-0.15, -0.1) is 0 Å². The zero-order valence-corrected chi connectivity index (χ0v) is 10.5. The molecule has 1 fully saturated rings. The van der Waals surface area contributed by atoms with E-state index in [4.69, 9.17) is 0 Å². The molecule has 0 aromatic heterocycles. The molecule has 16 heavy (non-hydrogen) atoms. The van der Waals surface area contributed by atoms with Crippen molar-refractivity contribution in [1.29, 1.82) is 0 Å². The van der Waals surface area contributed by atoms with Crippen molar-refractivity contribution in [3.63, 3.8) is 0 Å². The largest absolute Gasteiger partial charge is 0.207 e. The van der Waals surface area contributed by atoms with E-state index in [1.807, 2.05) is 6.07 Å². The summed E-state index contributed by atoms with van der Waals surface area (Å²) >= 11 is 0. The van der Waals surface area contributed by atoms with Gasteiger partial charge >= 0.3 is 0 Å². The van der Waals surface area contributed by atoms with E-state index in [1.54, 1.807) is 6.07 Å². The van der Waals surface area contributed by atoms with Gasteiger partial charge in [0.1, 0.15) is 5.82 Å². The van der Waals surface area contributed by atoms with Crippen molar-refractivity contribution < 1.29 is 4.39 Å². The smallest absolute Gasteiger partial charge is 0.126 e. The monoisotopic (exact) mass is 220 g/mol. The Hall–Kier alpha value is -0.850. The van der Waals surface area contributed by atoms with Crippen LogP contribution < -0.4 is 0 Å². The molecule has 0 atom stereocenters. The number of hydrogen-bond donors (Lipinski definition) is 0. The van der Waals surface area contributed by atoms with Gasteiger partial charge in [-0.3, -0.25) is 0 Å². The van der Waals surface area contributed by atoms with Crippen molar-refractivity contribution in [3.8, 4) is 0 Å². The molecule has 0 aliphatic heterocycles. The normalized spacial score (nSPS) is 16.5. The lowest BCUT2D eigenvalue weighted by molar-refractivity contribution is 0.571. The molecular weight excluding hydrogens is 199 g/mol. The van der Waals surface area contributed by atoms with Crippen LogP contribution in [0.25, 0.3) is 0 Å². The molecule has 2 rings (SSSR count). The highest BCUT2D eigenvalue weighted by atomic mass is 19.1. The molecule has 0 N–H and O–H groups in total. The molecule has 88 valence electrons. The molecule has 0 spiro atoms. The fraction of sp³-hybridized carbons (Fsp3) is 0.600. The standard InChI is InChI=1S/C15H21F/c1-15(2,3)13-8-9-14(16)12(10-13)7-6-11-4-5-11/h8-11H,4-7H2,1-3H3. The van der Waals surface area contributed by atoms with Crippen molar-refractivity contribution in [2.45, 2.75) is 51.9 Å². The summed E-state index contributed by atoms with van der Waals surface area (Å²) in [4.78, 5) is 0. The van der Waals surface area contributed by atoms with Crippen LogP contribution in [-0.2, 0) is 11.8 Å². The fourth-order valence-electron chi connectivity index (χ4n) is 2.00. The highest BCUT2D eigenvalue weighted by Crippen LogP contribution is 2.34. The van der Waals surface area contributed by atoms with Crippen molar-refractivity contribution in [2.24, 2.45) is 5.92 Å². The quantitative estimate of drug-likeness (QED) is 0.705. The van der Waals surface area contributed by atoms with E-state index in [9.17, 15) is 4.39 Å². The molecule has 1 aliphatic carbocycles. The van der Waals surface area contributed by atoms with E-state index in [1.165, 1.54) is 18.4 Å². The Morgan fingerprint density at radius 3 is 2.50 bits per heavy atom. The van der Waals surface area contributed by atoms with Crippen molar-refractivity contribution in [1.82, 2.24) is 0 Å². The number of hydrogen-bond acceptors (Lipinski definition) is 0. The first-order valence-corrected chi connectivity index (χ1v) is 6.26. The predicted molar refractivity (Wildman–Crippen MR) is 66.1 cm³/mol. The zero-order chi connectivity index (χ0) is 11.8. The Labute approximate surface area is 97.9 Å². The number of halogens is 1. The second-order valence-electron chi connectivity index (χ2n) is 6.04. The maximum Gasteiger partial charge on any atom is 0.126 e. The Morgan fingerprint density at radius 1 is 1.25 bits per heavy atom. The first kappa shape index (κ1) is 11.6. The second-order valence-corrected chi connectivity index (χ2v) is 6.04. The van der Waals surface area contributed by atoms with Crippen LogP contribution in [0.3, 0.4) is 0 Å². The molecule has 1 aromatic rings. The van der Waals surface area contributed by atoms with E-state index in [0.717, 1.165) is 24.3 Å². The van der Waals surface area contributed by atoms with Gasteiger partial charge in [-0.2, -0.15) is 0 Å². The van der Waals surface area contributed by atoms with E-state index in [0.29, 0.717) is 0 Å². The summed E-state index contributed by atoms with van der Waals surface area (Å²) in [6, 6.07) is 5.59. The van der Waals surface area contributed by atoms with Gasteiger partial charge in [0, 0.05) is 0 Å². The number of rotatable bonds is 3. The third-order valence-electron chi connectivity index (χ3n) is 3.43. The van der Waals surface area contributed by atoms with E-state index in [2.05, 4.69) is 26.8 Å². The summed E-state index contributed by atoms with van der Waals surface area (Å²) in [5.74, 6) is 0.839. The second kappa shape index (κ2) is 4.20. The van der Waals surface area contributed by atoms with Gasteiger partial charge in [-0.05, 0) is 41.4 Å². The number of benzene rings is 1. The Bertz CT molecular complexity index is 370. The zero-order valence-electron chi connectivity index (χ0n) is 10.5. The summed E-state index contributed by atoms with van der Waals surface area (Å²) in [7, 11) is 0. The summed E-state index contributed by atoms with van der Waals surface area (Å²) in [5, 5.41) is 0. The summed E-state index contributed by atoms with van der Waals surface area (Å²) in [6.45, 7) is 6.51. The van der Waals surface area contributed by atoms with Gasteiger partial charge in [0.2, 0.25) is 0 Å². The molecule has 0 bridgehead atoms. The topological polar surface area (TPSA) is 0 Å². The molecule has 1 aromatic carbocycles. The van der Waals surface area contributed by atoms with Crippen molar-refractivity contribution in [2.75, 3.05) is 0 Å². The van der Waals surface area contributed by atoms with Gasteiger partial charge in [0.25, 0.3) is 0 Å². The molecular formula is C15H21F.